The van der Waals surface area contributed by atoms with Gasteiger partial charge in [-0.05, 0) is 19.8 Å². The minimum absolute atomic E-state index is 0.0132. The van der Waals surface area contributed by atoms with Gasteiger partial charge in [-0.1, -0.05) is 13.8 Å². The number of esters is 1. The molecule has 0 spiro atoms. The highest BCUT2D eigenvalue weighted by molar-refractivity contribution is 7.15. The van der Waals surface area contributed by atoms with Crippen molar-refractivity contribution in [3.63, 3.8) is 0 Å². The lowest BCUT2D eigenvalue weighted by Crippen LogP contribution is -2.15. The molecule has 0 aliphatic heterocycles. The zero-order valence-corrected chi connectivity index (χ0v) is 16.2. The number of rotatable bonds is 6. The molecule has 138 valence electrons. The monoisotopic (exact) mass is 374 g/mol. The van der Waals surface area contributed by atoms with Crippen LogP contribution in [0.2, 0.25) is 0 Å². The first-order valence-electron chi connectivity index (χ1n) is 8.49. The van der Waals surface area contributed by atoms with Crippen LogP contribution in [0, 0.1) is 19.8 Å². The summed E-state index contributed by atoms with van der Waals surface area (Å²) in [5.41, 5.74) is 3.01. The van der Waals surface area contributed by atoms with Gasteiger partial charge in [-0.2, -0.15) is 5.10 Å². The van der Waals surface area contributed by atoms with Crippen molar-refractivity contribution < 1.29 is 9.53 Å². The molecule has 0 N–H and O–H groups in total. The highest BCUT2D eigenvalue weighted by Crippen LogP contribution is 2.16. The second kappa shape index (κ2) is 7.41. The van der Waals surface area contributed by atoms with Crippen molar-refractivity contribution in [3.8, 4) is 0 Å². The minimum Gasteiger partial charge on any atom is -0.459 e. The molecule has 0 unspecified atom stereocenters. The number of thiazole rings is 1. The van der Waals surface area contributed by atoms with E-state index in [1.165, 1.54) is 21.8 Å². The summed E-state index contributed by atoms with van der Waals surface area (Å²) in [4.78, 5) is 29.1. The molecule has 0 aliphatic carbocycles. The molecule has 3 aromatic heterocycles. The minimum atomic E-state index is -0.353. The van der Waals surface area contributed by atoms with Gasteiger partial charge in [-0.15, -0.1) is 11.3 Å². The predicted octanol–water partition coefficient (Wildman–Crippen LogP) is 2.51. The van der Waals surface area contributed by atoms with Crippen LogP contribution in [0.3, 0.4) is 0 Å². The average molecular weight is 374 g/mol. The van der Waals surface area contributed by atoms with Crippen molar-refractivity contribution in [1.82, 2.24) is 19.2 Å². The molecule has 0 amide bonds. The molecule has 3 heterocycles. The van der Waals surface area contributed by atoms with Crippen LogP contribution in [0.4, 0.5) is 0 Å². The van der Waals surface area contributed by atoms with Gasteiger partial charge in [0.25, 0.3) is 5.56 Å². The zero-order chi connectivity index (χ0) is 18.8. The molecule has 0 aromatic carbocycles. The fourth-order valence-corrected chi connectivity index (χ4v) is 3.56. The highest BCUT2D eigenvalue weighted by atomic mass is 32.1. The van der Waals surface area contributed by atoms with Crippen LogP contribution in [0.25, 0.3) is 4.96 Å². The van der Waals surface area contributed by atoms with Crippen LogP contribution >= 0.6 is 11.3 Å². The van der Waals surface area contributed by atoms with Gasteiger partial charge in [0.2, 0.25) is 0 Å². The van der Waals surface area contributed by atoms with Crippen molar-refractivity contribution in [3.05, 3.63) is 50.6 Å². The highest BCUT2D eigenvalue weighted by Gasteiger charge is 2.17. The Balaban J connectivity index is 1.67. The Bertz CT molecular complexity index is 1000. The van der Waals surface area contributed by atoms with Crippen molar-refractivity contribution in [1.29, 1.82) is 0 Å². The Morgan fingerprint density at radius 1 is 1.35 bits per heavy atom. The van der Waals surface area contributed by atoms with Crippen molar-refractivity contribution in [2.24, 2.45) is 5.92 Å². The molecular formula is C18H22N4O3S. The van der Waals surface area contributed by atoms with Gasteiger partial charge in [0.1, 0.15) is 6.61 Å². The number of carbonyl (C=O) groups is 1. The average Bonchev–Trinajstić information content (AvgIpc) is 3.13. The third kappa shape index (κ3) is 3.85. The fraction of sp³-hybridized carbons (Fsp3) is 0.444. The van der Waals surface area contributed by atoms with Crippen LogP contribution in [-0.2, 0) is 29.1 Å². The largest absolute Gasteiger partial charge is 0.459 e. The molecule has 0 aliphatic rings. The number of hydrogen-bond acceptors (Lipinski definition) is 6. The molecule has 0 fully saturated rings. The van der Waals surface area contributed by atoms with Gasteiger partial charge in [0.05, 0.1) is 17.8 Å². The van der Waals surface area contributed by atoms with Gasteiger partial charge >= 0.3 is 5.97 Å². The van der Waals surface area contributed by atoms with Crippen LogP contribution in [0.5, 0.6) is 0 Å². The molecular weight excluding hydrogens is 352 g/mol. The molecule has 3 rings (SSSR count). The van der Waals surface area contributed by atoms with Gasteiger partial charge in [-0.25, -0.2) is 4.98 Å². The number of aromatic nitrogens is 4. The van der Waals surface area contributed by atoms with E-state index in [1.54, 1.807) is 11.6 Å². The lowest BCUT2D eigenvalue weighted by Gasteiger charge is -2.08. The number of hydrogen-bond donors (Lipinski definition) is 0. The maximum atomic E-state index is 12.3. The van der Waals surface area contributed by atoms with Crippen LogP contribution in [0.1, 0.15) is 36.5 Å². The number of carbonyl (C=O) groups excluding carboxylic acids is 1. The van der Waals surface area contributed by atoms with Crippen molar-refractivity contribution >= 4 is 22.3 Å². The summed E-state index contributed by atoms with van der Waals surface area (Å²) >= 11 is 1.36. The van der Waals surface area contributed by atoms with E-state index in [0.29, 0.717) is 16.6 Å². The van der Waals surface area contributed by atoms with E-state index in [9.17, 15) is 9.59 Å². The summed E-state index contributed by atoms with van der Waals surface area (Å²) in [6.45, 7) is 8.93. The van der Waals surface area contributed by atoms with E-state index in [2.05, 4.69) is 23.9 Å². The number of nitrogens with zero attached hydrogens (tertiary/aromatic N) is 4. The second-order valence-electron chi connectivity index (χ2n) is 6.70. The lowest BCUT2D eigenvalue weighted by atomic mass is 10.1. The van der Waals surface area contributed by atoms with E-state index in [1.807, 2.05) is 18.5 Å². The molecule has 0 saturated heterocycles. The van der Waals surface area contributed by atoms with E-state index < -0.39 is 0 Å². The van der Waals surface area contributed by atoms with Gasteiger partial charge in [-0.3, -0.25) is 18.7 Å². The number of aryl methyl sites for hydroxylation is 1. The standard InChI is InChI=1S/C18H22N4O3S/c1-11(2)9-22-13(4)15(12(3)20-22)8-17(24)25-10-14-7-16(23)21-5-6-26-18(21)19-14/h5-7,11H,8-10H2,1-4H3. The first-order valence-corrected chi connectivity index (χ1v) is 9.37. The summed E-state index contributed by atoms with van der Waals surface area (Å²) in [5, 5.41) is 6.31. The van der Waals surface area contributed by atoms with Crippen LogP contribution in [-0.4, -0.2) is 25.1 Å². The summed E-state index contributed by atoms with van der Waals surface area (Å²) in [5.74, 6) is 0.124. The van der Waals surface area contributed by atoms with Crippen molar-refractivity contribution in [2.75, 3.05) is 0 Å². The Hall–Kier alpha value is -2.48. The van der Waals surface area contributed by atoms with Crippen LogP contribution in [0.15, 0.2) is 22.4 Å². The normalized spacial score (nSPS) is 11.4. The van der Waals surface area contributed by atoms with E-state index >= 15 is 0 Å². The second-order valence-corrected chi connectivity index (χ2v) is 7.58. The first-order chi connectivity index (χ1) is 12.3. The van der Waals surface area contributed by atoms with Crippen LogP contribution < -0.4 is 5.56 Å². The summed E-state index contributed by atoms with van der Waals surface area (Å²) < 4.78 is 8.74. The predicted molar refractivity (Wildman–Crippen MR) is 99.4 cm³/mol. The molecule has 7 nitrogen and oxygen atoms in total. The molecule has 3 aromatic rings. The molecule has 0 radical (unpaired) electrons. The topological polar surface area (TPSA) is 78.5 Å². The van der Waals surface area contributed by atoms with Gasteiger partial charge in [0.15, 0.2) is 4.96 Å². The van der Waals surface area contributed by atoms with Crippen molar-refractivity contribution in [2.45, 2.75) is 47.3 Å². The maximum Gasteiger partial charge on any atom is 0.310 e. The first kappa shape index (κ1) is 18.3. The molecule has 26 heavy (non-hydrogen) atoms. The van der Waals surface area contributed by atoms with E-state index in [-0.39, 0.29) is 24.6 Å². The molecule has 0 bridgehead atoms. The molecule has 0 saturated carbocycles. The molecule has 0 atom stereocenters. The quantitative estimate of drug-likeness (QED) is 0.620. The summed E-state index contributed by atoms with van der Waals surface area (Å²) in [6.07, 6.45) is 1.83. The number of fused-ring (bicyclic) bond motifs is 1. The lowest BCUT2D eigenvalue weighted by molar-refractivity contribution is -0.144. The smallest absolute Gasteiger partial charge is 0.310 e. The van der Waals surface area contributed by atoms with E-state index in [4.69, 9.17) is 4.74 Å². The molecule has 8 heteroatoms. The Morgan fingerprint density at radius 3 is 2.85 bits per heavy atom. The Kier molecular flexibility index (Phi) is 5.22. The zero-order valence-electron chi connectivity index (χ0n) is 15.4. The fourth-order valence-electron chi connectivity index (χ4n) is 2.83. The number of ether oxygens (including phenoxy) is 1. The van der Waals surface area contributed by atoms with E-state index in [0.717, 1.165) is 23.5 Å². The van der Waals surface area contributed by atoms with Gasteiger partial charge < -0.3 is 4.74 Å². The third-order valence-electron chi connectivity index (χ3n) is 4.13. The summed E-state index contributed by atoms with van der Waals surface area (Å²) in [6, 6.07) is 1.39. The Labute approximate surface area is 155 Å². The third-order valence-corrected chi connectivity index (χ3v) is 4.88. The summed E-state index contributed by atoms with van der Waals surface area (Å²) in [7, 11) is 0. The Morgan fingerprint density at radius 2 is 2.12 bits per heavy atom. The SMILES string of the molecule is Cc1nn(CC(C)C)c(C)c1CC(=O)OCc1cc(=O)n2ccsc2n1. The van der Waals surface area contributed by atoms with Gasteiger partial charge in [0, 0.05) is 35.4 Å². The maximum absolute atomic E-state index is 12.3.